The van der Waals surface area contributed by atoms with Crippen LogP contribution in [0.1, 0.15) is 59.0 Å². The van der Waals surface area contributed by atoms with Crippen LogP contribution in [-0.4, -0.2) is 42.4 Å². The molecular weight excluding hydrogens is 564 g/mol. The van der Waals surface area contributed by atoms with Crippen LogP contribution in [0.4, 0.5) is 11.4 Å². The number of nitrogens with zero attached hydrogens (tertiary/aromatic N) is 2. The summed E-state index contributed by atoms with van der Waals surface area (Å²) in [5, 5.41) is 27.7. The molecule has 0 atom stereocenters. The molecule has 0 amide bonds. The van der Waals surface area contributed by atoms with Crippen molar-refractivity contribution in [1.82, 2.24) is 0 Å². The minimum Gasteiger partial charge on any atom is -0.463 e. The molecule has 3 aromatic carbocycles. The normalized spacial score (nSPS) is 12.0. The Balaban J connectivity index is 1.58. The Morgan fingerprint density at radius 3 is 2.19 bits per heavy atom. The summed E-state index contributed by atoms with van der Waals surface area (Å²) in [5.41, 5.74) is 2.12. The SMILES string of the molecule is C=CC(=O)OCCCCCCc1ccc(C(=O)Oc2ccc(N=Nc3ccc(C)c(S(O)(O)O)c3)cc2C(O)O)cc1. The van der Waals surface area contributed by atoms with E-state index in [1.807, 2.05) is 12.1 Å². The third-order valence-corrected chi connectivity index (χ3v) is 7.21. The second-order valence-corrected chi connectivity index (χ2v) is 10.9. The van der Waals surface area contributed by atoms with Crippen LogP contribution in [-0.2, 0) is 16.0 Å². The van der Waals surface area contributed by atoms with E-state index in [1.54, 1.807) is 31.2 Å². The molecule has 12 heteroatoms. The zero-order chi connectivity index (χ0) is 30.7. The number of azo groups is 1. The highest BCUT2D eigenvalue weighted by Gasteiger charge is 2.19. The largest absolute Gasteiger partial charge is 0.463 e. The van der Waals surface area contributed by atoms with Crippen molar-refractivity contribution < 1.29 is 42.9 Å². The third kappa shape index (κ3) is 9.87. The molecule has 0 aliphatic rings. The monoisotopic (exact) mass is 598 g/mol. The Morgan fingerprint density at radius 1 is 0.905 bits per heavy atom. The second-order valence-electron chi connectivity index (χ2n) is 9.39. The molecule has 0 saturated carbocycles. The fraction of sp³-hybridized carbons (Fsp3) is 0.267. The second kappa shape index (κ2) is 15.4. The molecule has 0 unspecified atom stereocenters. The van der Waals surface area contributed by atoms with Crippen molar-refractivity contribution in [1.29, 1.82) is 0 Å². The van der Waals surface area contributed by atoms with Gasteiger partial charge in [0.15, 0.2) is 6.29 Å². The molecule has 3 rings (SSSR count). The first-order valence-electron chi connectivity index (χ1n) is 13.1. The third-order valence-electron chi connectivity index (χ3n) is 6.18. The van der Waals surface area contributed by atoms with Gasteiger partial charge in [0.1, 0.15) is 16.6 Å². The molecule has 0 fully saturated rings. The highest BCUT2D eigenvalue weighted by atomic mass is 32.3. The average Bonchev–Trinajstić information content (AvgIpc) is 2.96. The van der Waals surface area contributed by atoms with Crippen LogP contribution in [0, 0.1) is 6.92 Å². The van der Waals surface area contributed by atoms with Crippen molar-refractivity contribution in [3.05, 3.63) is 95.6 Å². The van der Waals surface area contributed by atoms with Crippen LogP contribution in [0.15, 0.2) is 88.4 Å². The number of aliphatic hydroxyl groups is 2. The number of rotatable bonds is 14. The van der Waals surface area contributed by atoms with Crippen LogP contribution in [0.3, 0.4) is 0 Å². The van der Waals surface area contributed by atoms with Crippen molar-refractivity contribution >= 4 is 34.2 Å². The van der Waals surface area contributed by atoms with E-state index in [2.05, 4.69) is 16.8 Å². The first-order chi connectivity index (χ1) is 20.0. The van der Waals surface area contributed by atoms with Gasteiger partial charge in [-0.1, -0.05) is 37.6 Å². The molecule has 0 aromatic heterocycles. The van der Waals surface area contributed by atoms with Crippen molar-refractivity contribution in [2.75, 3.05) is 6.61 Å². The van der Waals surface area contributed by atoms with Gasteiger partial charge in [-0.3, -0.25) is 0 Å². The van der Waals surface area contributed by atoms with E-state index >= 15 is 0 Å². The lowest BCUT2D eigenvalue weighted by molar-refractivity contribution is -0.137. The number of unbranched alkanes of at least 4 members (excludes halogenated alkanes) is 3. The summed E-state index contributed by atoms with van der Waals surface area (Å²) >= 11 is 0. The minimum atomic E-state index is -3.94. The Kier molecular flexibility index (Phi) is 11.9. The summed E-state index contributed by atoms with van der Waals surface area (Å²) in [7, 11) is -3.94. The quantitative estimate of drug-likeness (QED) is 0.0325. The maximum absolute atomic E-state index is 12.7. The van der Waals surface area contributed by atoms with E-state index in [9.17, 15) is 33.5 Å². The van der Waals surface area contributed by atoms with Gasteiger partial charge >= 0.3 is 11.9 Å². The van der Waals surface area contributed by atoms with Gasteiger partial charge in [-0.15, -0.1) is 0 Å². The Bertz CT molecular complexity index is 1420. The summed E-state index contributed by atoms with van der Waals surface area (Å²) < 4.78 is 39.1. The van der Waals surface area contributed by atoms with E-state index in [0.717, 1.165) is 43.7 Å². The van der Waals surface area contributed by atoms with Crippen LogP contribution >= 0.6 is 10.9 Å². The van der Waals surface area contributed by atoms with E-state index in [4.69, 9.17) is 9.47 Å². The number of hydrogen-bond acceptors (Lipinski definition) is 11. The number of ether oxygens (including phenoxy) is 2. The highest BCUT2D eigenvalue weighted by Crippen LogP contribution is 2.46. The Hall–Kier alpha value is -3.91. The number of esters is 2. The number of aryl methyl sites for hydroxylation is 2. The van der Waals surface area contributed by atoms with Crippen molar-refractivity contribution in [2.45, 2.75) is 50.2 Å². The predicted molar refractivity (Wildman–Crippen MR) is 157 cm³/mol. The first-order valence-corrected chi connectivity index (χ1v) is 14.6. The number of aliphatic hydroxyl groups excluding tert-OH is 1. The van der Waals surface area contributed by atoms with E-state index in [-0.39, 0.29) is 33.1 Å². The number of hydrogen-bond donors (Lipinski definition) is 5. The molecular formula is C30H34N2O9S. The van der Waals surface area contributed by atoms with E-state index in [0.29, 0.717) is 12.2 Å². The summed E-state index contributed by atoms with van der Waals surface area (Å²) in [6, 6.07) is 15.4. The van der Waals surface area contributed by atoms with Gasteiger partial charge in [-0.2, -0.15) is 10.2 Å². The lowest BCUT2D eigenvalue weighted by Gasteiger charge is -2.21. The zero-order valence-corrected chi connectivity index (χ0v) is 23.9. The Labute approximate surface area is 245 Å². The van der Waals surface area contributed by atoms with Crippen LogP contribution in [0.25, 0.3) is 0 Å². The molecule has 11 nitrogen and oxygen atoms in total. The lowest BCUT2D eigenvalue weighted by atomic mass is 10.0. The number of benzene rings is 3. The smallest absolute Gasteiger partial charge is 0.343 e. The molecule has 0 saturated heterocycles. The van der Waals surface area contributed by atoms with Gasteiger partial charge < -0.3 is 33.3 Å². The molecule has 3 aromatic rings. The van der Waals surface area contributed by atoms with Crippen molar-refractivity contribution in [3.8, 4) is 5.75 Å². The van der Waals surface area contributed by atoms with Gasteiger partial charge in [-0.05, 0) is 79.8 Å². The summed E-state index contributed by atoms with van der Waals surface area (Å²) in [6.07, 6.45) is 3.63. The van der Waals surface area contributed by atoms with Gasteiger partial charge in [0.05, 0.1) is 34.0 Å². The van der Waals surface area contributed by atoms with Crippen molar-refractivity contribution in [3.63, 3.8) is 0 Å². The maximum atomic E-state index is 12.7. The molecule has 0 aliphatic carbocycles. The van der Waals surface area contributed by atoms with Crippen LogP contribution in [0.5, 0.6) is 5.75 Å². The standard InChI is InChI=1S/C30H34N2O9S/c1-3-28(33)40-17-7-5-4-6-8-21-10-12-22(13-11-21)30(36)41-26-16-15-23(18-25(26)29(34)35)31-32-24-14-9-20(2)27(19-24)42(37,38)39/h3,9-16,18-19,29,34-35,37-39H,1,4-8,17H2,2H3. The molecule has 0 radical (unpaired) electrons. The maximum Gasteiger partial charge on any atom is 0.343 e. The van der Waals surface area contributed by atoms with Crippen LogP contribution in [0.2, 0.25) is 0 Å². The molecule has 0 spiro atoms. The summed E-state index contributed by atoms with van der Waals surface area (Å²) in [6.45, 7) is 5.33. The highest BCUT2D eigenvalue weighted by molar-refractivity contribution is 8.19. The van der Waals surface area contributed by atoms with Crippen LogP contribution < -0.4 is 4.74 Å². The fourth-order valence-corrected chi connectivity index (χ4v) is 4.72. The van der Waals surface area contributed by atoms with E-state index < -0.39 is 29.1 Å². The van der Waals surface area contributed by atoms with Gasteiger partial charge in [0.25, 0.3) is 0 Å². The van der Waals surface area contributed by atoms with E-state index in [1.165, 1.54) is 24.3 Å². The van der Waals surface area contributed by atoms with Gasteiger partial charge in [-0.25, -0.2) is 9.59 Å². The minimum absolute atomic E-state index is 0.0661. The molecule has 224 valence electrons. The predicted octanol–water partition coefficient (Wildman–Crippen LogP) is 7.03. The summed E-state index contributed by atoms with van der Waals surface area (Å²) in [5.74, 6) is -1.16. The molecule has 5 N–H and O–H groups in total. The molecule has 42 heavy (non-hydrogen) atoms. The van der Waals surface area contributed by atoms with Gasteiger partial charge in [0, 0.05) is 6.08 Å². The number of carbonyl (C=O) groups is 2. The molecule has 0 aliphatic heterocycles. The topological polar surface area (TPSA) is 178 Å². The zero-order valence-electron chi connectivity index (χ0n) is 23.0. The first kappa shape index (κ1) is 32.6. The van der Waals surface area contributed by atoms with Gasteiger partial charge in [0.2, 0.25) is 0 Å². The average molecular weight is 599 g/mol. The van der Waals surface area contributed by atoms with Crippen molar-refractivity contribution in [2.24, 2.45) is 10.2 Å². The Morgan fingerprint density at radius 2 is 1.55 bits per heavy atom. The fourth-order valence-electron chi connectivity index (χ4n) is 3.94. The number of carbonyl (C=O) groups excluding carboxylic acids is 2. The molecule has 0 heterocycles. The molecule has 0 bridgehead atoms. The summed E-state index contributed by atoms with van der Waals surface area (Å²) in [4.78, 5) is 23.7. The lowest BCUT2D eigenvalue weighted by Crippen LogP contribution is -2.11.